The van der Waals surface area contributed by atoms with E-state index in [0.29, 0.717) is 6.61 Å². The van der Waals surface area contributed by atoms with Gasteiger partial charge in [0.2, 0.25) is 0 Å². The first kappa shape index (κ1) is 13.6. The number of hydrogen-bond acceptors (Lipinski definition) is 3. The standard InChI is InChI=1S/C15H21N3O/c1-3-19-15-8-6-14(7-9-15)18-12-13(11-17-18)5-4-10-16-2/h6-9,11-12,16H,3-5,10H2,1-2H3. The van der Waals surface area contributed by atoms with Gasteiger partial charge >= 0.3 is 0 Å². The van der Waals surface area contributed by atoms with Gasteiger partial charge in [-0.05, 0) is 63.2 Å². The Morgan fingerprint density at radius 3 is 2.74 bits per heavy atom. The van der Waals surface area contributed by atoms with Crippen LogP contribution < -0.4 is 10.1 Å². The molecule has 1 heterocycles. The third-order valence-electron chi connectivity index (χ3n) is 2.94. The molecule has 0 saturated carbocycles. The van der Waals surface area contributed by atoms with Gasteiger partial charge in [0, 0.05) is 6.20 Å². The highest BCUT2D eigenvalue weighted by molar-refractivity contribution is 5.37. The molecule has 0 aliphatic rings. The fourth-order valence-corrected chi connectivity index (χ4v) is 1.96. The Morgan fingerprint density at radius 1 is 1.26 bits per heavy atom. The lowest BCUT2D eigenvalue weighted by atomic mass is 10.2. The zero-order chi connectivity index (χ0) is 13.5. The van der Waals surface area contributed by atoms with E-state index in [1.165, 1.54) is 5.56 Å². The maximum absolute atomic E-state index is 5.43. The highest BCUT2D eigenvalue weighted by Gasteiger charge is 2.01. The van der Waals surface area contributed by atoms with E-state index in [1.807, 2.05) is 49.1 Å². The molecule has 1 aromatic heterocycles. The lowest BCUT2D eigenvalue weighted by Crippen LogP contribution is -2.08. The Bertz CT molecular complexity index is 490. The van der Waals surface area contributed by atoms with Crippen LogP contribution in [0.15, 0.2) is 36.7 Å². The van der Waals surface area contributed by atoms with Crippen LogP contribution in [0.25, 0.3) is 5.69 Å². The third kappa shape index (κ3) is 3.83. The number of nitrogens with zero attached hydrogens (tertiary/aromatic N) is 2. The van der Waals surface area contributed by atoms with Gasteiger partial charge in [-0.3, -0.25) is 0 Å². The molecule has 0 fully saturated rings. The van der Waals surface area contributed by atoms with Crippen molar-refractivity contribution in [3.05, 3.63) is 42.2 Å². The van der Waals surface area contributed by atoms with Gasteiger partial charge < -0.3 is 10.1 Å². The highest BCUT2D eigenvalue weighted by Crippen LogP contribution is 2.15. The van der Waals surface area contributed by atoms with Crippen molar-refractivity contribution in [2.45, 2.75) is 19.8 Å². The molecule has 0 spiro atoms. The smallest absolute Gasteiger partial charge is 0.119 e. The van der Waals surface area contributed by atoms with Gasteiger partial charge in [-0.15, -0.1) is 0 Å². The summed E-state index contributed by atoms with van der Waals surface area (Å²) in [5.74, 6) is 0.896. The number of nitrogens with one attached hydrogen (secondary N) is 1. The summed E-state index contributed by atoms with van der Waals surface area (Å²) >= 11 is 0. The maximum Gasteiger partial charge on any atom is 0.119 e. The van der Waals surface area contributed by atoms with E-state index >= 15 is 0 Å². The lowest BCUT2D eigenvalue weighted by molar-refractivity contribution is 0.340. The number of benzene rings is 1. The second-order valence-electron chi connectivity index (χ2n) is 4.43. The average Bonchev–Trinajstić information content (AvgIpc) is 2.89. The number of ether oxygens (including phenoxy) is 1. The summed E-state index contributed by atoms with van der Waals surface area (Å²) in [5, 5.41) is 7.55. The SMILES string of the molecule is CCOc1ccc(-n2cc(CCCNC)cn2)cc1. The van der Waals surface area contributed by atoms with Crippen molar-refractivity contribution in [1.82, 2.24) is 15.1 Å². The van der Waals surface area contributed by atoms with Crippen LogP contribution >= 0.6 is 0 Å². The van der Waals surface area contributed by atoms with Gasteiger partial charge in [0.15, 0.2) is 0 Å². The topological polar surface area (TPSA) is 39.1 Å². The number of aryl methyl sites for hydroxylation is 1. The predicted octanol–water partition coefficient (Wildman–Crippen LogP) is 2.42. The Balaban J connectivity index is 2.01. The Kier molecular flexibility index (Phi) is 4.98. The summed E-state index contributed by atoms with van der Waals surface area (Å²) in [6.45, 7) is 3.71. The molecule has 4 heteroatoms. The molecule has 0 amide bonds. The van der Waals surface area contributed by atoms with E-state index in [4.69, 9.17) is 4.74 Å². The molecular formula is C15H21N3O. The lowest BCUT2D eigenvalue weighted by Gasteiger charge is -2.04. The molecule has 1 aromatic carbocycles. The van der Waals surface area contributed by atoms with Crippen molar-refractivity contribution in [2.75, 3.05) is 20.2 Å². The van der Waals surface area contributed by atoms with Gasteiger partial charge in [0.25, 0.3) is 0 Å². The molecule has 0 bridgehead atoms. The summed E-state index contributed by atoms with van der Waals surface area (Å²) in [5.41, 5.74) is 2.33. The van der Waals surface area contributed by atoms with Crippen molar-refractivity contribution in [3.63, 3.8) is 0 Å². The monoisotopic (exact) mass is 259 g/mol. The van der Waals surface area contributed by atoms with Crippen LogP contribution in [-0.2, 0) is 6.42 Å². The second kappa shape index (κ2) is 6.95. The third-order valence-corrected chi connectivity index (χ3v) is 2.94. The molecule has 102 valence electrons. The Morgan fingerprint density at radius 2 is 2.05 bits per heavy atom. The van der Waals surface area contributed by atoms with Crippen molar-refractivity contribution >= 4 is 0 Å². The van der Waals surface area contributed by atoms with Gasteiger partial charge in [0.05, 0.1) is 18.5 Å². The average molecular weight is 259 g/mol. The molecule has 1 N–H and O–H groups in total. The van der Waals surface area contributed by atoms with Crippen LogP contribution in [0, 0.1) is 0 Å². The summed E-state index contributed by atoms with van der Waals surface area (Å²) in [4.78, 5) is 0. The number of hydrogen-bond donors (Lipinski definition) is 1. The number of rotatable bonds is 7. The first-order chi connectivity index (χ1) is 9.33. The fraction of sp³-hybridized carbons (Fsp3) is 0.400. The van der Waals surface area contributed by atoms with Crippen LogP contribution in [0.1, 0.15) is 18.9 Å². The van der Waals surface area contributed by atoms with Gasteiger partial charge in [-0.25, -0.2) is 4.68 Å². The van der Waals surface area contributed by atoms with Crippen LogP contribution in [0.4, 0.5) is 0 Å². The minimum Gasteiger partial charge on any atom is -0.494 e. The maximum atomic E-state index is 5.43. The molecule has 2 rings (SSSR count). The second-order valence-corrected chi connectivity index (χ2v) is 4.43. The largest absolute Gasteiger partial charge is 0.494 e. The van der Waals surface area contributed by atoms with Crippen molar-refractivity contribution in [1.29, 1.82) is 0 Å². The summed E-state index contributed by atoms with van der Waals surface area (Å²) in [6.07, 6.45) is 6.21. The molecule has 19 heavy (non-hydrogen) atoms. The van der Waals surface area contributed by atoms with Crippen LogP contribution in [-0.4, -0.2) is 30.0 Å². The van der Waals surface area contributed by atoms with Crippen LogP contribution in [0.3, 0.4) is 0 Å². The highest BCUT2D eigenvalue weighted by atomic mass is 16.5. The molecule has 0 unspecified atom stereocenters. The summed E-state index contributed by atoms with van der Waals surface area (Å²) < 4.78 is 7.34. The van der Waals surface area contributed by atoms with E-state index in [9.17, 15) is 0 Å². The summed E-state index contributed by atoms with van der Waals surface area (Å²) in [6, 6.07) is 7.99. The molecule has 0 radical (unpaired) electrons. The molecule has 0 saturated heterocycles. The minimum absolute atomic E-state index is 0.691. The van der Waals surface area contributed by atoms with Gasteiger partial charge in [-0.1, -0.05) is 0 Å². The van der Waals surface area contributed by atoms with E-state index in [1.54, 1.807) is 0 Å². The van der Waals surface area contributed by atoms with Crippen molar-refractivity contribution in [2.24, 2.45) is 0 Å². The first-order valence-electron chi connectivity index (χ1n) is 6.75. The van der Waals surface area contributed by atoms with Crippen molar-refractivity contribution < 1.29 is 4.74 Å². The fourth-order valence-electron chi connectivity index (χ4n) is 1.96. The molecule has 0 aliphatic carbocycles. The molecule has 4 nitrogen and oxygen atoms in total. The van der Waals surface area contributed by atoms with E-state index in [2.05, 4.69) is 16.6 Å². The van der Waals surface area contributed by atoms with Gasteiger partial charge in [-0.2, -0.15) is 5.10 Å². The Labute approximate surface area is 114 Å². The summed E-state index contributed by atoms with van der Waals surface area (Å²) in [7, 11) is 1.98. The van der Waals surface area contributed by atoms with Crippen molar-refractivity contribution in [3.8, 4) is 11.4 Å². The van der Waals surface area contributed by atoms with E-state index in [-0.39, 0.29) is 0 Å². The number of aromatic nitrogens is 2. The molecule has 0 aliphatic heterocycles. The van der Waals surface area contributed by atoms with Gasteiger partial charge in [0.1, 0.15) is 5.75 Å². The zero-order valence-corrected chi connectivity index (χ0v) is 11.6. The van der Waals surface area contributed by atoms with Crippen LogP contribution in [0.5, 0.6) is 5.75 Å². The molecule has 2 aromatic rings. The van der Waals surface area contributed by atoms with E-state index < -0.39 is 0 Å². The first-order valence-corrected chi connectivity index (χ1v) is 6.75. The Hall–Kier alpha value is -1.81. The quantitative estimate of drug-likeness (QED) is 0.776. The zero-order valence-electron chi connectivity index (χ0n) is 11.6. The van der Waals surface area contributed by atoms with Crippen LogP contribution in [0.2, 0.25) is 0 Å². The predicted molar refractivity (Wildman–Crippen MR) is 77.0 cm³/mol. The molecule has 0 atom stereocenters. The molecular weight excluding hydrogens is 238 g/mol. The normalized spacial score (nSPS) is 10.6. The minimum atomic E-state index is 0.691. The van der Waals surface area contributed by atoms with E-state index in [0.717, 1.165) is 30.8 Å².